The number of hydrogen-bond donors (Lipinski definition) is 1. The van der Waals surface area contributed by atoms with E-state index >= 15 is 0 Å². The van der Waals surface area contributed by atoms with Crippen LogP contribution in [-0.4, -0.2) is 32.8 Å². The van der Waals surface area contributed by atoms with Gasteiger partial charge < -0.3 is 4.90 Å². The number of carbonyl (C=O) groups is 1. The molecule has 0 spiro atoms. The van der Waals surface area contributed by atoms with Crippen LogP contribution < -0.4 is 5.14 Å². The zero-order chi connectivity index (χ0) is 15.1. The molecule has 20 heavy (non-hydrogen) atoms. The maximum absolute atomic E-state index is 13.5. The van der Waals surface area contributed by atoms with Gasteiger partial charge in [-0.25, -0.2) is 17.9 Å². The van der Waals surface area contributed by atoms with Crippen molar-refractivity contribution in [3.63, 3.8) is 0 Å². The fourth-order valence-corrected chi connectivity index (χ4v) is 2.73. The average Bonchev–Trinajstić information content (AvgIpc) is 3.10. The number of hydrogen-bond acceptors (Lipinski definition) is 3. The van der Waals surface area contributed by atoms with E-state index in [0.717, 1.165) is 25.0 Å². The Balaban J connectivity index is 2.37. The van der Waals surface area contributed by atoms with Crippen molar-refractivity contribution in [3.8, 4) is 0 Å². The van der Waals surface area contributed by atoms with Gasteiger partial charge in [-0.1, -0.05) is 11.6 Å². The van der Waals surface area contributed by atoms with Crippen molar-refractivity contribution in [3.05, 3.63) is 28.5 Å². The maximum atomic E-state index is 13.5. The summed E-state index contributed by atoms with van der Waals surface area (Å²) in [7, 11) is -2.65. The van der Waals surface area contributed by atoms with Crippen LogP contribution in [0.3, 0.4) is 0 Å². The van der Waals surface area contributed by atoms with Crippen LogP contribution in [-0.2, 0) is 10.0 Å². The molecular formula is C12H14ClFN2O3S. The lowest BCUT2D eigenvalue weighted by molar-refractivity contribution is 0.0788. The van der Waals surface area contributed by atoms with E-state index in [2.05, 4.69) is 0 Å². The van der Waals surface area contributed by atoms with E-state index < -0.39 is 26.6 Å². The smallest absolute Gasteiger partial charge is 0.255 e. The highest BCUT2D eigenvalue weighted by molar-refractivity contribution is 7.89. The molecule has 5 nitrogen and oxygen atoms in total. The molecule has 0 heterocycles. The Bertz CT molecular complexity index is 659. The normalized spacial score (nSPS) is 15.2. The number of carbonyl (C=O) groups excluding carboxylic acids is 1. The van der Waals surface area contributed by atoms with Gasteiger partial charge in [0.2, 0.25) is 10.0 Å². The minimum atomic E-state index is -4.25. The lowest BCUT2D eigenvalue weighted by Crippen LogP contribution is -2.29. The van der Waals surface area contributed by atoms with Crippen molar-refractivity contribution in [2.45, 2.75) is 17.7 Å². The second kappa shape index (κ2) is 5.31. The summed E-state index contributed by atoms with van der Waals surface area (Å²) >= 11 is 5.82. The van der Waals surface area contributed by atoms with Gasteiger partial charge in [-0.15, -0.1) is 0 Å². The van der Waals surface area contributed by atoms with Crippen LogP contribution in [0.2, 0.25) is 5.02 Å². The summed E-state index contributed by atoms with van der Waals surface area (Å²) in [5, 5.41) is 4.77. The number of primary sulfonamides is 1. The summed E-state index contributed by atoms with van der Waals surface area (Å²) in [6.45, 7) is 0.567. The van der Waals surface area contributed by atoms with Crippen molar-refractivity contribution in [2.75, 3.05) is 13.6 Å². The molecule has 1 aromatic rings. The number of nitrogens with zero attached hydrogens (tertiary/aromatic N) is 1. The van der Waals surface area contributed by atoms with Gasteiger partial charge in [0.1, 0.15) is 10.7 Å². The van der Waals surface area contributed by atoms with E-state index in [9.17, 15) is 17.6 Å². The zero-order valence-corrected chi connectivity index (χ0v) is 12.3. The van der Waals surface area contributed by atoms with Gasteiger partial charge in [-0.3, -0.25) is 4.79 Å². The van der Waals surface area contributed by atoms with Gasteiger partial charge in [0.25, 0.3) is 5.91 Å². The van der Waals surface area contributed by atoms with Gasteiger partial charge in [0, 0.05) is 13.6 Å². The molecule has 2 rings (SSSR count). The Kier molecular flexibility index (Phi) is 4.04. The van der Waals surface area contributed by atoms with Gasteiger partial charge in [0.15, 0.2) is 0 Å². The Hall–Kier alpha value is -1.18. The molecule has 0 saturated heterocycles. The second-order valence-electron chi connectivity index (χ2n) is 4.94. The van der Waals surface area contributed by atoms with Crippen LogP contribution in [0.4, 0.5) is 4.39 Å². The summed E-state index contributed by atoms with van der Waals surface area (Å²) in [6, 6.07) is 1.68. The Morgan fingerprint density at radius 2 is 2.10 bits per heavy atom. The number of rotatable bonds is 4. The minimum absolute atomic E-state index is 0.0692. The molecule has 110 valence electrons. The van der Waals surface area contributed by atoms with E-state index in [1.54, 1.807) is 7.05 Å². The van der Waals surface area contributed by atoms with Crippen LogP contribution in [0.5, 0.6) is 0 Å². The quantitative estimate of drug-likeness (QED) is 0.915. The first-order chi connectivity index (χ1) is 9.20. The summed E-state index contributed by atoms with van der Waals surface area (Å²) in [5.41, 5.74) is -0.0692. The number of halogens is 2. The number of sulfonamides is 1. The molecule has 0 aromatic heterocycles. The molecule has 1 amide bonds. The molecule has 0 aliphatic heterocycles. The molecule has 1 fully saturated rings. The van der Waals surface area contributed by atoms with E-state index in [-0.39, 0.29) is 10.6 Å². The van der Waals surface area contributed by atoms with Crippen molar-refractivity contribution in [1.29, 1.82) is 0 Å². The monoisotopic (exact) mass is 320 g/mol. The highest BCUT2D eigenvalue weighted by Gasteiger charge is 2.27. The predicted octanol–water partition coefficient (Wildman–Crippen LogP) is 1.61. The first kappa shape index (κ1) is 15.2. The molecule has 0 radical (unpaired) electrons. The van der Waals surface area contributed by atoms with E-state index in [1.807, 2.05) is 0 Å². The summed E-state index contributed by atoms with van der Waals surface area (Å²) in [5.74, 6) is -1.05. The molecule has 1 aliphatic rings. The van der Waals surface area contributed by atoms with Crippen LogP contribution in [0.1, 0.15) is 23.2 Å². The second-order valence-corrected chi connectivity index (χ2v) is 6.87. The third kappa shape index (κ3) is 3.28. The van der Waals surface area contributed by atoms with Crippen molar-refractivity contribution in [2.24, 2.45) is 11.1 Å². The Labute approximate surface area is 121 Å². The van der Waals surface area contributed by atoms with Crippen LogP contribution >= 0.6 is 11.6 Å². The van der Waals surface area contributed by atoms with Gasteiger partial charge in [-0.05, 0) is 30.9 Å². The van der Waals surface area contributed by atoms with E-state index in [1.165, 1.54) is 4.90 Å². The molecule has 2 N–H and O–H groups in total. The van der Waals surface area contributed by atoms with Gasteiger partial charge >= 0.3 is 0 Å². The standard InChI is InChI=1S/C12H14ClFN2O3S/c1-16(6-7-2-3-7)12(17)8-4-11(20(15,18)19)10(14)5-9(8)13/h4-5,7H,2-3,6H2,1H3,(H2,15,18,19). The van der Waals surface area contributed by atoms with Crippen molar-refractivity contribution < 1.29 is 17.6 Å². The topological polar surface area (TPSA) is 80.5 Å². The van der Waals surface area contributed by atoms with Gasteiger partial charge in [0.05, 0.1) is 10.6 Å². The number of benzene rings is 1. The SMILES string of the molecule is CN(CC1CC1)C(=O)c1cc(S(N)(=O)=O)c(F)cc1Cl. The summed E-state index contributed by atoms with van der Waals surface area (Å²) in [6.07, 6.45) is 2.13. The Morgan fingerprint density at radius 1 is 1.50 bits per heavy atom. The minimum Gasteiger partial charge on any atom is -0.341 e. The number of nitrogens with two attached hydrogens (primary N) is 1. The number of amides is 1. The van der Waals surface area contributed by atoms with E-state index in [0.29, 0.717) is 12.5 Å². The fraction of sp³-hybridized carbons (Fsp3) is 0.417. The lowest BCUT2D eigenvalue weighted by atomic mass is 10.2. The highest BCUT2D eigenvalue weighted by Crippen LogP contribution is 2.30. The first-order valence-electron chi connectivity index (χ1n) is 5.97. The molecule has 0 unspecified atom stereocenters. The molecule has 1 aliphatic carbocycles. The lowest BCUT2D eigenvalue weighted by Gasteiger charge is -2.18. The maximum Gasteiger partial charge on any atom is 0.255 e. The average molecular weight is 321 g/mol. The third-order valence-electron chi connectivity index (χ3n) is 3.13. The molecule has 0 atom stereocenters. The molecule has 1 saturated carbocycles. The zero-order valence-electron chi connectivity index (χ0n) is 10.8. The molecular weight excluding hydrogens is 307 g/mol. The highest BCUT2D eigenvalue weighted by atomic mass is 35.5. The van der Waals surface area contributed by atoms with Gasteiger partial charge in [-0.2, -0.15) is 0 Å². The Morgan fingerprint density at radius 3 is 2.60 bits per heavy atom. The van der Waals surface area contributed by atoms with E-state index in [4.69, 9.17) is 16.7 Å². The largest absolute Gasteiger partial charge is 0.341 e. The molecule has 8 heteroatoms. The van der Waals surface area contributed by atoms with Crippen LogP contribution in [0.15, 0.2) is 17.0 Å². The summed E-state index contributed by atoms with van der Waals surface area (Å²) in [4.78, 5) is 12.9. The molecule has 0 bridgehead atoms. The summed E-state index contributed by atoms with van der Waals surface area (Å²) < 4.78 is 36.1. The molecule has 1 aromatic carbocycles. The van der Waals surface area contributed by atoms with Crippen molar-refractivity contribution >= 4 is 27.5 Å². The first-order valence-corrected chi connectivity index (χ1v) is 7.90. The van der Waals surface area contributed by atoms with Crippen molar-refractivity contribution in [1.82, 2.24) is 4.90 Å². The third-order valence-corrected chi connectivity index (χ3v) is 4.37. The predicted molar refractivity (Wildman–Crippen MR) is 72.5 cm³/mol. The van der Waals surface area contributed by atoms with Crippen LogP contribution in [0.25, 0.3) is 0 Å². The fourth-order valence-electron chi connectivity index (χ4n) is 1.89. The van der Waals surface area contributed by atoms with Crippen LogP contribution in [0, 0.1) is 11.7 Å².